The number of carbonyl (C=O) groups excluding carboxylic acids is 1. The second kappa shape index (κ2) is 10.8. The van der Waals surface area contributed by atoms with E-state index in [9.17, 15) is 4.79 Å². The third-order valence-corrected chi connectivity index (χ3v) is 4.66. The van der Waals surface area contributed by atoms with E-state index < -0.39 is 0 Å². The molecule has 0 N–H and O–H groups in total. The summed E-state index contributed by atoms with van der Waals surface area (Å²) in [6.07, 6.45) is 7.86. The van der Waals surface area contributed by atoms with Gasteiger partial charge in [-0.1, -0.05) is 42.5 Å². The summed E-state index contributed by atoms with van der Waals surface area (Å²) in [6.45, 7) is 3.91. The first-order chi connectivity index (χ1) is 14.2. The highest BCUT2D eigenvalue weighted by Crippen LogP contribution is 2.15. The van der Waals surface area contributed by atoms with Crippen LogP contribution in [0.4, 0.5) is 0 Å². The third-order valence-electron chi connectivity index (χ3n) is 4.66. The molecule has 0 bridgehead atoms. The van der Waals surface area contributed by atoms with Crippen molar-refractivity contribution in [3.05, 3.63) is 102 Å². The predicted molar refractivity (Wildman–Crippen MR) is 116 cm³/mol. The zero-order valence-electron chi connectivity index (χ0n) is 16.7. The zero-order chi connectivity index (χ0) is 20.3. The summed E-state index contributed by atoms with van der Waals surface area (Å²) in [7, 11) is 0. The Labute approximate surface area is 172 Å². The van der Waals surface area contributed by atoms with Gasteiger partial charge in [0.1, 0.15) is 12.4 Å². The molecule has 4 heteroatoms. The lowest BCUT2D eigenvalue weighted by atomic mass is 10.2. The van der Waals surface area contributed by atoms with Crippen LogP contribution in [0.15, 0.2) is 85.2 Å². The minimum atomic E-state index is 0.0194. The lowest BCUT2D eigenvalue weighted by Crippen LogP contribution is -2.31. The van der Waals surface area contributed by atoms with Crippen molar-refractivity contribution >= 4 is 12.0 Å². The van der Waals surface area contributed by atoms with E-state index in [0.29, 0.717) is 19.7 Å². The van der Waals surface area contributed by atoms with Crippen molar-refractivity contribution in [1.29, 1.82) is 0 Å². The Bertz CT molecular complexity index is 907. The summed E-state index contributed by atoms with van der Waals surface area (Å²) < 4.78 is 5.80. The molecule has 2 aromatic carbocycles. The second-order valence-corrected chi connectivity index (χ2v) is 6.70. The van der Waals surface area contributed by atoms with Crippen molar-refractivity contribution in [3.8, 4) is 5.75 Å². The fourth-order valence-corrected chi connectivity index (χ4v) is 2.93. The van der Waals surface area contributed by atoms with E-state index in [0.717, 1.165) is 23.3 Å². The van der Waals surface area contributed by atoms with Crippen LogP contribution in [0.5, 0.6) is 5.75 Å². The molecular weight excluding hydrogens is 360 g/mol. The van der Waals surface area contributed by atoms with Gasteiger partial charge < -0.3 is 9.64 Å². The summed E-state index contributed by atoms with van der Waals surface area (Å²) in [5, 5.41) is 0. The molecule has 0 saturated carbocycles. The Hall–Kier alpha value is -3.40. The highest BCUT2D eigenvalue weighted by atomic mass is 16.5. The number of carbonyl (C=O) groups is 1. The topological polar surface area (TPSA) is 42.4 Å². The molecule has 0 atom stereocenters. The molecule has 1 heterocycles. The van der Waals surface area contributed by atoms with Gasteiger partial charge in [-0.05, 0) is 60.4 Å². The Morgan fingerprint density at radius 2 is 1.69 bits per heavy atom. The smallest absolute Gasteiger partial charge is 0.246 e. The monoisotopic (exact) mass is 386 g/mol. The van der Waals surface area contributed by atoms with E-state index in [1.54, 1.807) is 18.5 Å². The highest BCUT2D eigenvalue weighted by molar-refractivity contribution is 5.91. The SMILES string of the molecule is CCN(CCc1ccncc1)C(=O)/C=C/c1ccc(OCc2ccccc2)cc1. The first kappa shape index (κ1) is 20.3. The molecule has 148 valence electrons. The standard InChI is InChI=1S/C25H26N2O2/c1-2-27(19-16-22-14-17-26-18-15-22)25(28)13-10-21-8-11-24(12-9-21)29-20-23-6-4-3-5-7-23/h3-15,17-18H,2,16,19-20H2,1H3/b13-10+. The van der Waals surface area contributed by atoms with Crippen LogP contribution in [0.3, 0.4) is 0 Å². The first-order valence-corrected chi connectivity index (χ1v) is 9.87. The molecule has 29 heavy (non-hydrogen) atoms. The predicted octanol–water partition coefficient (Wildman–Crippen LogP) is 4.77. The van der Waals surface area contributed by atoms with Crippen LogP contribution in [-0.4, -0.2) is 28.9 Å². The van der Waals surface area contributed by atoms with Gasteiger partial charge in [0.05, 0.1) is 0 Å². The Balaban J connectivity index is 1.50. The van der Waals surface area contributed by atoms with Crippen molar-refractivity contribution in [3.63, 3.8) is 0 Å². The molecule has 0 spiro atoms. The van der Waals surface area contributed by atoms with Gasteiger partial charge in [-0.25, -0.2) is 0 Å². The van der Waals surface area contributed by atoms with Gasteiger partial charge in [-0.2, -0.15) is 0 Å². The quantitative estimate of drug-likeness (QED) is 0.498. The minimum absolute atomic E-state index is 0.0194. The molecule has 0 aliphatic heterocycles. The minimum Gasteiger partial charge on any atom is -0.489 e. The number of hydrogen-bond acceptors (Lipinski definition) is 3. The van der Waals surface area contributed by atoms with E-state index in [-0.39, 0.29) is 5.91 Å². The number of nitrogens with zero attached hydrogens (tertiary/aromatic N) is 2. The normalized spacial score (nSPS) is 10.8. The number of aromatic nitrogens is 1. The first-order valence-electron chi connectivity index (χ1n) is 9.87. The van der Waals surface area contributed by atoms with Crippen molar-refractivity contribution in [1.82, 2.24) is 9.88 Å². The number of pyridine rings is 1. The molecule has 1 aromatic heterocycles. The van der Waals surface area contributed by atoms with Gasteiger partial charge in [0, 0.05) is 31.6 Å². The Morgan fingerprint density at radius 1 is 0.966 bits per heavy atom. The molecule has 0 unspecified atom stereocenters. The number of likely N-dealkylation sites (N-methyl/N-ethyl adjacent to an activating group) is 1. The highest BCUT2D eigenvalue weighted by Gasteiger charge is 2.08. The molecule has 3 rings (SSSR count). The number of amides is 1. The summed E-state index contributed by atoms with van der Waals surface area (Å²) in [4.78, 5) is 18.4. The zero-order valence-corrected chi connectivity index (χ0v) is 16.7. The third kappa shape index (κ3) is 6.61. The fraction of sp³-hybridized carbons (Fsp3) is 0.200. The van der Waals surface area contributed by atoms with Crippen LogP contribution in [-0.2, 0) is 17.8 Å². The second-order valence-electron chi connectivity index (χ2n) is 6.70. The van der Waals surface area contributed by atoms with E-state index >= 15 is 0 Å². The van der Waals surface area contributed by atoms with Gasteiger partial charge in [-0.15, -0.1) is 0 Å². The molecule has 3 aromatic rings. The number of benzene rings is 2. The molecule has 0 saturated heterocycles. The van der Waals surface area contributed by atoms with E-state index in [2.05, 4.69) is 4.98 Å². The average molecular weight is 386 g/mol. The maximum atomic E-state index is 12.5. The summed E-state index contributed by atoms with van der Waals surface area (Å²) >= 11 is 0. The van der Waals surface area contributed by atoms with E-state index in [1.807, 2.05) is 84.6 Å². The Morgan fingerprint density at radius 3 is 2.38 bits per heavy atom. The van der Waals surface area contributed by atoms with Crippen molar-refractivity contribution in [2.75, 3.05) is 13.1 Å². The summed E-state index contributed by atoms with van der Waals surface area (Å²) in [5.74, 6) is 0.829. The van der Waals surface area contributed by atoms with Crippen LogP contribution in [0.2, 0.25) is 0 Å². The van der Waals surface area contributed by atoms with Gasteiger partial charge in [0.15, 0.2) is 0 Å². The number of rotatable bonds is 9. The summed E-state index contributed by atoms with van der Waals surface area (Å²) in [6, 6.07) is 21.8. The maximum absolute atomic E-state index is 12.5. The lowest BCUT2D eigenvalue weighted by Gasteiger charge is -2.19. The maximum Gasteiger partial charge on any atom is 0.246 e. The van der Waals surface area contributed by atoms with Crippen LogP contribution in [0.25, 0.3) is 6.08 Å². The van der Waals surface area contributed by atoms with Crippen molar-refractivity contribution in [2.24, 2.45) is 0 Å². The molecule has 1 amide bonds. The van der Waals surface area contributed by atoms with Gasteiger partial charge in [0.25, 0.3) is 0 Å². The Kier molecular flexibility index (Phi) is 7.58. The molecule has 0 fully saturated rings. The van der Waals surface area contributed by atoms with Crippen LogP contribution < -0.4 is 4.74 Å². The molecule has 0 aliphatic carbocycles. The van der Waals surface area contributed by atoms with Gasteiger partial charge in [-0.3, -0.25) is 9.78 Å². The van der Waals surface area contributed by atoms with Gasteiger partial charge >= 0.3 is 0 Å². The van der Waals surface area contributed by atoms with Crippen molar-refractivity contribution in [2.45, 2.75) is 20.0 Å². The fourth-order valence-electron chi connectivity index (χ4n) is 2.93. The lowest BCUT2D eigenvalue weighted by molar-refractivity contribution is -0.125. The molecule has 4 nitrogen and oxygen atoms in total. The number of ether oxygens (including phenoxy) is 1. The van der Waals surface area contributed by atoms with E-state index in [4.69, 9.17) is 4.74 Å². The van der Waals surface area contributed by atoms with Crippen LogP contribution in [0.1, 0.15) is 23.6 Å². The van der Waals surface area contributed by atoms with Crippen LogP contribution >= 0.6 is 0 Å². The molecule has 0 aliphatic rings. The average Bonchev–Trinajstić information content (AvgIpc) is 2.79. The van der Waals surface area contributed by atoms with Crippen LogP contribution in [0, 0.1) is 0 Å². The summed E-state index contributed by atoms with van der Waals surface area (Å²) in [5.41, 5.74) is 3.28. The number of hydrogen-bond donors (Lipinski definition) is 0. The molecular formula is C25H26N2O2. The largest absolute Gasteiger partial charge is 0.489 e. The van der Waals surface area contributed by atoms with Gasteiger partial charge in [0.2, 0.25) is 5.91 Å². The molecule has 0 radical (unpaired) electrons. The van der Waals surface area contributed by atoms with Crippen molar-refractivity contribution < 1.29 is 9.53 Å². The van der Waals surface area contributed by atoms with E-state index in [1.165, 1.54) is 5.56 Å².